The van der Waals surface area contributed by atoms with E-state index in [-0.39, 0.29) is 0 Å². The Morgan fingerprint density at radius 3 is 3.11 bits per heavy atom. The van der Waals surface area contributed by atoms with Gasteiger partial charge in [-0.25, -0.2) is 4.98 Å². The summed E-state index contributed by atoms with van der Waals surface area (Å²) in [6, 6.07) is 10.5. The number of anilines is 1. The maximum atomic E-state index is 4.72. The Hall–Kier alpha value is -1.22. The topological polar surface area (TPSA) is 24.9 Å². The van der Waals surface area contributed by atoms with Gasteiger partial charge in [0.2, 0.25) is 0 Å². The van der Waals surface area contributed by atoms with Crippen LogP contribution >= 0.6 is 11.8 Å². The van der Waals surface area contributed by atoms with Crippen LogP contribution in [0.3, 0.4) is 0 Å². The van der Waals surface area contributed by atoms with Crippen molar-refractivity contribution in [2.24, 2.45) is 0 Å². The van der Waals surface area contributed by atoms with Crippen molar-refractivity contribution in [3.63, 3.8) is 0 Å². The highest BCUT2D eigenvalue weighted by Crippen LogP contribution is 2.27. The highest BCUT2D eigenvalue weighted by molar-refractivity contribution is 8.00. The molecular formula is C15H18N2S. The molecule has 0 amide bonds. The van der Waals surface area contributed by atoms with Crippen LogP contribution in [0.25, 0.3) is 10.9 Å². The van der Waals surface area contributed by atoms with Gasteiger partial charge >= 0.3 is 0 Å². The Kier molecular flexibility index (Phi) is 3.41. The van der Waals surface area contributed by atoms with Gasteiger partial charge in [0.05, 0.1) is 5.52 Å². The van der Waals surface area contributed by atoms with Gasteiger partial charge in [-0.05, 0) is 43.2 Å². The predicted molar refractivity (Wildman–Crippen MR) is 80.4 cm³/mol. The summed E-state index contributed by atoms with van der Waals surface area (Å²) in [7, 11) is 0. The van der Waals surface area contributed by atoms with Gasteiger partial charge in [0.1, 0.15) is 5.82 Å². The van der Waals surface area contributed by atoms with Crippen molar-refractivity contribution in [3.05, 3.63) is 35.9 Å². The van der Waals surface area contributed by atoms with E-state index in [1.807, 2.05) is 6.07 Å². The molecule has 1 atom stereocenters. The summed E-state index contributed by atoms with van der Waals surface area (Å²) < 4.78 is 0. The monoisotopic (exact) mass is 258 g/mol. The number of hydrogen-bond acceptors (Lipinski definition) is 3. The van der Waals surface area contributed by atoms with Gasteiger partial charge in [0, 0.05) is 17.2 Å². The first kappa shape index (κ1) is 11.8. The van der Waals surface area contributed by atoms with Crippen LogP contribution in [0.5, 0.6) is 0 Å². The Bertz CT molecular complexity index is 547. The lowest BCUT2D eigenvalue weighted by Crippen LogP contribution is -2.15. The lowest BCUT2D eigenvalue weighted by Gasteiger charge is -2.13. The Labute approximate surface area is 112 Å². The van der Waals surface area contributed by atoms with Crippen LogP contribution in [0.1, 0.15) is 18.4 Å². The second kappa shape index (κ2) is 5.19. The fourth-order valence-electron chi connectivity index (χ4n) is 2.42. The number of aryl methyl sites for hydroxylation is 1. The number of nitrogens with one attached hydrogen (secondary N) is 1. The molecular weight excluding hydrogens is 240 g/mol. The molecule has 18 heavy (non-hydrogen) atoms. The molecule has 2 heterocycles. The quantitative estimate of drug-likeness (QED) is 0.905. The first-order valence-corrected chi connectivity index (χ1v) is 7.60. The second-order valence-corrected chi connectivity index (χ2v) is 6.27. The van der Waals surface area contributed by atoms with E-state index in [0.717, 1.165) is 23.1 Å². The molecule has 1 aliphatic heterocycles. The van der Waals surface area contributed by atoms with E-state index in [1.165, 1.54) is 29.5 Å². The lowest BCUT2D eigenvalue weighted by atomic mass is 10.1. The average molecular weight is 258 g/mol. The van der Waals surface area contributed by atoms with E-state index in [2.05, 4.69) is 48.3 Å². The zero-order valence-corrected chi connectivity index (χ0v) is 11.5. The average Bonchev–Trinajstić information content (AvgIpc) is 2.89. The normalized spacial score (nSPS) is 19.3. The number of benzene rings is 1. The van der Waals surface area contributed by atoms with Gasteiger partial charge in [-0.3, -0.25) is 0 Å². The van der Waals surface area contributed by atoms with Crippen LogP contribution in [0.15, 0.2) is 30.3 Å². The summed E-state index contributed by atoms with van der Waals surface area (Å²) in [5.74, 6) is 2.36. The van der Waals surface area contributed by atoms with E-state index in [0.29, 0.717) is 0 Å². The number of hydrogen-bond donors (Lipinski definition) is 1. The third-order valence-corrected chi connectivity index (χ3v) is 4.83. The maximum Gasteiger partial charge on any atom is 0.129 e. The van der Waals surface area contributed by atoms with E-state index in [4.69, 9.17) is 4.98 Å². The standard InChI is InChI=1S/C15H18N2S/c1-11-9-12-5-2-3-7-14(12)17-15(11)16-10-13-6-4-8-18-13/h2-3,5,7,9,13H,4,6,8,10H2,1H3,(H,16,17). The molecule has 0 spiro atoms. The van der Waals surface area contributed by atoms with Gasteiger partial charge in [0.25, 0.3) is 0 Å². The van der Waals surface area contributed by atoms with Crippen molar-refractivity contribution >= 4 is 28.5 Å². The minimum absolute atomic E-state index is 0.762. The summed E-state index contributed by atoms with van der Waals surface area (Å²) >= 11 is 2.08. The molecule has 0 saturated carbocycles. The molecule has 1 aliphatic rings. The van der Waals surface area contributed by atoms with Crippen molar-refractivity contribution in [2.45, 2.75) is 25.0 Å². The fourth-order valence-corrected chi connectivity index (χ4v) is 3.62. The first-order valence-electron chi connectivity index (χ1n) is 6.55. The van der Waals surface area contributed by atoms with Crippen molar-refractivity contribution in [3.8, 4) is 0 Å². The van der Waals surface area contributed by atoms with Gasteiger partial charge in [-0.1, -0.05) is 18.2 Å². The number of pyridine rings is 1. The summed E-state index contributed by atoms with van der Waals surface area (Å²) in [4.78, 5) is 4.72. The summed E-state index contributed by atoms with van der Waals surface area (Å²) in [6.45, 7) is 3.17. The molecule has 1 N–H and O–H groups in total. The third-order valence-electron chi connectivity index (χ3n) is 3.44. The van der Waals surface area contributed by atoms with Crippen molar-refractivity contribution in [1.82, 2.24) is 4.98 Å². The molecule has 1 fully saturated rings. The van der Waals surface area contributed by atoms with E-state index in [9.17, 15) is 0 Å². The molecule has 3 heteroatoms. The van der Waals surface area contributed by atoms with Crippen LogP contribution < -0.4 is 5.32 Å². The smallest absolute Gasteiger partial charge is 0.129 e. The molecule has 2 nitrogen and oxygen atoms in total. The first-order chi connectivity index (χ1) is 8.83. The van der Waals surface area contributed by atoms with Crippen LogP contribution in [-0.2, 0) is 0 Å². The molecule has 1 unspecified atom stereocenters. The molecule has 2 aromatic rings. The number of fused-ring (bicyclic) bond motifs is 1. The number of thioether (sulfide) groups is 1. The van der Waals surface area contributed by atoms with Crippen LogP contribution in [-0.4, -0.2) is 22.5 Å². The zero-order valence-electron chi connectivity index (χ0n) is 10.6. The Morgan fingerprint density at radius 1 is 1.39 bits per heavy atom. The summed E-state index contributed by atoms with van der Waals surface area (Å²) in [6.07, 6.45) is 2.70. The molecule has 1 aromatic heterocycles. The van der Waals surface area contributed by atoms with Crippen LogP contribution in [0.2, 0.25) is 0 Å². The highest BCUT2D eigenvalue weighted by Gasteiger charge is 2.15. The highest BCUT2D eigenvalue weighted by atomic mass is 32.2. The number of nitrogens with zero attached hydrogens (tertiary/aromatic N) is 1. The van der Waals surface area contributed by atoms with Gasteiger partial charge < -0.3 is 5.32 Å². The molecule has 0 aliphatic carbocycles. The molecule has 0 radical (unpaired) electrons. The van der Waals surface area contributed by atoms with Crippen LogP contribution in [0.4, 0.5) is 5.82 Å². The minimum Gasteiger partial charge on any atom is -0.369 e. The lowest BCUT2D eigenvalue weighted by molar-refractivity contribution is 0.803. The van der Waals surface area contributed by atoms with Gasteiger partial charge in [0.15, 0.2) is 0 Å². The minimum atomic E-state index is 0.762. The number of aromatic nitrogens is 1. The van der Waals surface area contributed by atoms with Crippen molar-refractivity contribution < 1.29 is 0 Å². The van der Waals surface area contributed by atoms with Gasteiger partial charge in [-0.15, -0.1) is 0 Å². The van der Waals surface area contributed by atoms with E-state index in [1.54, 1.807) is 0 Å². The van der Waals surface area contributed by atoms with Gasteiger partial charge in [-0.2, -0.15) is 11.8 Å². The summed E-state index contributed by atoms with van der Waals surface area (Å²) in [5, 5.41) is 5.50. The Morgan fingerprint density at radius 2 is 2.28 bits per heavy atom. The zero-order chi connectivity index (χ0) is 12.4. The largest absolute Gasteiger partial charge is 0.369 e. The molecule has 3 rings (SSSR count). The molecule has 1 aromatic carbocycles. The molecule has 94 valence electrons. The number of para-hydroxylation sites is 1. The van der Waals surface area contributed by atoms with Crippen molar-refractivity contribution in [1.29, 1.82) is 0 Å². The van der Waals surface area contributed by atoms with E-state index >= 15 is 0 Å². The van der Waals surface area contributed by atoms with Crippen LogP contribution in [0, 0.1) is 6.92 Å². The van der Waals surface area contributed by atoms with E-state index < -0.39 is 0 Å². The SMILES string of the molecule is Cc1cc2ccccc2nc1NCC1CCCS1. The molecule has 1 saturated heterocycles. The number of rotatable bonds is 3. The molecule has 0 bridgehead atoms. The third kappa shape index (κ3) is 2.46. The van der Waals surface area contributed by atoms with Crippen molar-refractivity contribution in [2.75, 3.05) is 17.6 Å². The summed E-state index contributed by atoms with van der Waals surface area (Å²) in [5.41, 5.74) is 2.31. The second-order valence-electron chi connectivity index (χ2n) is 4.86. The Balaban J connectivity index is 1.80. The fraction of sp³-hybridized carbons (Fsp3) is 0.400. The predicted octanol–water partition coefficient (Wildman–Crippen LogP) is 3.85. The maximum absolute atomic E-state index is 4.72.